The molecule has 0 amide bonds. The zero-order valence-corrected chi connectivity index (χ0v) is 9.30. The van der Waals surface area contributed by atoms with Gasteiger partial charge >= 0.3 is 23.1 Å². The summed E-state index contributed by atoms with van der Waals surface area (Å²) in [6.45, 7) is 0. The molecule has 0 aliphatic carbocycles. The standard InChI is InChI=1S/C6H6O.Mg.2NO3/c7-6-4-2-1-3-5-6;;2*2-1(3)4/h1-5,7H;;;/q;+2;2*-1. The zero-order chi connectivity index (χ0) is 12.3. The summed E-state index contributed by atoms with van der Waals surface area (Å²) in [7, 11) is 0. The van der Waals surface area contributed by atoms with Crippen molar-refractivity contribution in [2.45, 2.75) is 0 Å². The third-order valence-corrected chi connectivity index (χ3v) is 0.756. The summed E-state index contributed by atoms with van der Waals surface area (Å²) in [4.78, 5) is 16.5. The summed E-state index contributed by atoms with van der Waals surface area (Å²) >= 11 is 0. The Morgan fingerprint density at radius 3 is 1.25 bits per heavy atom. The molecule has 0 heterocycles. The van der Waals surface area contributed by atoms with Gasteiger partial charge in [0.25, 0.3) is 0 Å². The molecule has 0 spiro atoms. The Bertz CT molecular complexity index is 274. The molecule has 1 aromatic rings. The van der Waals surface area contributed by atoms with Crippen LogP contribution in [0.1, 0.15) is 0 Å². The molecule has 0 saturated heterocycles. The number of hydrogen-bond donors (Lipinski definition) is 1. The molecule has 1 N–H and O–H groups in total. The molecule has 0 unspecified atom stereocenters. The number of rotatable bonds is 0. The molecule has 0 aromatic heterocycles. The van der Waals surface area contributed by atoms with Crippen LogP contribution in [-0.4, -0.2) is 38.3 Å². The number of para-hydroxylation sites is 1. The Labute approximate surface area is 105 Å². The van der Waals surface area contributed by atoms with Crippen LogP contribution in [0.4, 0.5) is 0 Å². The molecule has 0 aliphatic heterocycles. The Morgan fingerprint density at radius 2 is 1.12 bits per heavy atom. The van der Waals surface area contributed by atoms with Gasteiger partial charge in [0.15, 0.2) is 0 Å². The van der Waals surface area contributed by atoms with E-state index in [1.807, 2.05) is 6.07 Å². The average Bonchev–Trinajstić information content (AvgIpc) is 2.03. The molecule has 84 valence electrons. The minimum absolute atomic E-state index is 0. The number of phenolic OH excluding ortho intramolecular Hbond substituents is 1. The Balaban J connectivity index is -0.000000166. The molecule has 9 nitrogen and oxygen atoms in total. The first-order valence-electron chi connectivity index (χ1n) is 3.23. The largest absolute Gasteiger partial charge is 2.00 e. The SMILES string of the molecule is O=[N+]([O-])[O-].O=[N+]([O-])[O-].Oc1ccccc1.[Mg+2]. The van der Waals surface area contributed by atoms with E-state index in [0.29, 0.717) is 5.75 Å². The molecule has 16 heavy (non-hydrogen) atoms. The molecular formula is C6H6MgN2O7. The number of benzene rings is 1. The summed E-state index contributed by atoms with van der Waals surface area (Å²) in [6.07, 6.45) is 0. The summed E-state index contributed by atoms with van der Waals surface area (Å²) < 4.78 is 0. The third-order valence-electron chi connectivity index (χ3n) is 0.756. The summed E-state index contributed by atoms with van der Waals surface area (Å²) in [6, 6.07) is 8.71. The van der Waals surface area contributed by atoms with Crippen molar-refractivity contribution in [2.75, 3.05) is 0 Å². The van der Waals surface area contributed by atoms with Gasteiger partial charge in [0.1, 0.15) is 5.75 Å². The monoisotopic (exact) mass is 242 g/mol. The van der Waals surface area contributed by atoms with E-state index in [9.17, 15) is 0 Å². The molecule has 10 heteroatoms. The Morgan fingerprint density at radius 1 is 0.875 bits per heavy atom. The van der Waals surface area contributed by atoms with E-state index in [2.05, 4.69) is 0 Å². The quantitative estimate of drug-likeness (QED) is 0.395. The van der Waals surface area contributed by atoms with E-state index in [-0.39, 0.29) is 23.1 Å². The fourth-order valence-electron chi connectivity index (χ4n) is 0.428. The van der Waals surface area contributed by atoms with E-state index < -0.39 is 10.2 Å². The number of nitrogens with zero attached hydrogens (tertiary/aromatic N) is 2. The van der Waals surface area contributed by atoms with Crippen molar-refractivity contribution in [1.82, 2.24) is 0 Å². The third kappa shape index (κ3) is 39.8. The first-order chi connectivity index (χ1) is 6.86. The summed E-state index contributed by atoms with van der Waals surface area (Å²) in [5.74, 6) is 0.322. The van der Waals surface area contributed by atoms with Crippen LogP contribution in [0.25, 0.3) is 0 Å². The Hall–Kier alpha value is -1.81. The van der Waals surface area contributed by atoms with Gasteiger partial charge in [-0.2, -0.15) is 0 Å². The van der Waals surface area contributed by atoms with Crippen LogP contribution in [0.3, 0.4) is 0 Å². The molecule has 0 atom stereocenters. The zero-order valence-electron chi connectivity index (χ0n) is 7.88. The van der Waals surface area contributed by atoms with Gasteiger partial charge < -0.3 is 35.7 Å². The van der Waals surface area contributed by atoms with E-state index in [1.165, 1.54) is 0 Å². The maximum Gasteiger partial charge on any atom is 2.00 e. The van der Waals surface area contributed by atoms with Gasteiger partial charge in [0.05, 0.1) is 10.2 Å². The van der Waals surface area contributed by atoms with Gasteiger partial charge in [-0.15, -0.1) is 0 Å². The van der Waals surface area contributed by atoms with Crippen LogP contribution in [0.2, 0.25) is 0 Å². The van der Waals surface area contributed by atoms with Crippen molar-refractivity contribution >= 4 is 23.1 Å². The second-order valence-corrected chi connectivity index (χ2v) is 1.78. The summed E-state index contributed by atoms with van der Waals surface area (Å²) in [5, 5.41) is 38.1. The van der Waals surface area contributed by atoms with Crippen molar-refractivity contribution in [3.63, 3.8) is 0 Å². The van der Waals surface area contributed by atoms with Gasteiger partial charge in [-0.3, -0.25) is 0 Å². The topological polar surface area (TPSA) is 153 Å². The van der Waals surface area contributed by atoms with Gasteiger partial charge in [-0.25, -0.2) is 0 Å². The molecular weight excluding hydrogens is 236 g/mol. The van der Waals surface area contributed by atoms with Crippen LogP contribution >= 0.6 is 0 Å². The van der Waals surface area contributed by atoms with E-state index in [0.717, 1.165) is 0 Å². The molecule has 0 aliphatic rings. The molecule has 0 bridgehead atoms. The molecule has 1 rings (SSSR count). The number of phenols is 1. The van der Waals surface area contributed by atoms with Crippen molar-refractivity contribution in [3.05, 3.63) is 61.0 Å². The summed E-state index contributed by atoms with van der Waals surface area (Å²) in [5.41, 5.74) is 0. The van der Waals surface area contributed by atoms with Gasteiger partial charge in [-0.1, -0.05) is 18.2 Å². The second kappa shape index (κ2) is 13.2. The number of aromatic hydroxyl groups is 1. The van der Waals surface area contributed by atoms with Crippen molar-refractivity contribution < 1.29 is 15.3 Å². The molecule has 0 fully saturated rings. The maximum absolute atomic E-state index is 8.63. The van der Waals surface area contributed by atoms with Crippen molar-refractivity contribution in [1.29, 1.82) is 0 Å². The van der Waals surface area contributed by atoms with Crippen LogP contribution < -0.4 is 0 Å². The fourth-order valence-corrected chi connectivity index (χ4v) is 0.428. The van der Waals surface area contributed by atoms with E-state index in [1.54, 1.807) is 24.3 Å². The molecule has 1 aromatic carbocycles. The smallest absolute Gasteiger partial charge is 0.508 e. The van der Waals surface area contributed by atoms with Crippen LogP contribution in [0.5, 0.6) is 5.75 Å². The van der Waals surface area contributed by atoms with Crippen molar-refractivity contribution in [3.8, 4) is 5.75 Å². The van der Waals surface area contributed by atoms with Crippen LogP contribution in [0.15, 0.2) is 30.3 Å². The van der Waals surface area contributed by atoms with Crippen molar-refractivity contribution in [2.24, 2.45) is 0 Å². The fraction of sp³-hybridized carbons (Fsp3) is 0. The van der Waals surface area contributed by atoms with Crippen LogP contribution in [0, 0.1) is 30.6 Å². The molecule has 0 radical (unpaired) electrons. The normalized spacial score (nSPS) is 6.75. The van der Waals surface area contributed by atoms with Crippen LogP contribution in [-0.2, 0) is 0 Å². The first-order valence-corrected chi connectivity index (χ1v) is 3.23. The van der Waals surface area contributed by atoms with E-state index in [4.69, 9.17) is 35.7 Å². The van der Waals surface area contributed by atoms with Gasteiger partial charge in [0.2, 0.25) is 0 Å². The van der Waals surface area contributed by atoms with Gasteiger partial charge in [-0.05, 0) is 12.1 Å². The predicted molar refractivity (Wildman–Crippen MR) is 54.6 cm³/mol. The average molecular weight is 242 g/mol. The second-order valence-electron chi connectivity index (χ2n) is 1.78. The number of hydrogen-bond acceptors (Lipinski definition) is 7. The van der Waals surface area contributed by atoms with E-state index >= 15 is 0 Å². The maximum atomic E-state index is 8.63. The first kappa shape index (κ1) is 19.7. The minimum Gasteiger partial charge on any atom is -0.508 e. The molecule has 0 saturated carbocycles. The van der Waals surface area contributed by atoms with Gasteiger partial charge in [0, 0.05) is 0 Å². The minimum atomic E-state index is -1.75. The predicted octanol–water partition coefficient (Wildman–Crippen LogP) is 0.533. The Kier molecular flexibility index (Phi) is 16.2.